The number of carbonyl (C=O) groups excluding carboxylic acids is 1. The van der Waals surface area contributed by atoms with Gasteiger partial charge in [-0.1, -0.05) is 11.6 Å². The number of furan rings is 1. The van der Waals surface area contributed by atoms with Crippen molar-refractivity contribution >= 4 is 29.7 Å². The second-order valence-electron chi connectivity index (χ2n) is 4.35. The molecule has 0 radical (unpaired) electrons. The van der Waals surface area contributed by atoms with Crippen molar-refractivity contribution in [1.82, 2.24) is 9.78 Å². The molecule has 0 atom stereocenters. The standard InChI is InChI=1S/C16H11ClN2O2/c17-13-5-3-12(4-6-13)16(20)19-10-9-14(18-19)7-8-15-2-1-11-21-15/h1-11H. The van der Waals surface area contributed by atoms with E-state index in [0.29, 0.717) is 16.3 Å². The van der Waals surface area contributed by atoms with Crippen LogP contribution in [0.4, 0.5) is 0 Å². The number of rotatable bonds is 3. The Morgan fingerprint density at radius 1 is 1.14 bits per heavy atom. The van der Waals surface area contributed by atoms with Crippen LogP contribution in [0.15, 0.2) is 59.3 Å². The fraction of sp³-hybridized carbons (Fsp3) is 0. The molecule has 4 nitrogen and oxygen atoms in total. The van der Waals surface area contributed by atoms with Crippen molar-refractivity contribution < 1.29 is 9.21 Å². The van der Waals surface area contributed by atoms with Gasteiger partial charge < -0.3 is 4.42 Å². The Labute approximate surface area is 126 Å². The summed E-state index contributed by atoms with van der Waals surface area (Å²) < 4.78 is 6.49. The lowest BCUT2D eigenvalue weighted by Gasteiger charge is -2.00. The molecule has 2 aromatic heterocycles. The molecule has 21 heavy (non-hydrogen) atoms. The largest absolute Gasteiger partial charge is 0.465 e. The van der Waals surface area contributed by atoms with Gasteiger partial charge in [0.1, 0.15) is 5.76 Å². The molecule has 0 aliphatic carbocycles. The van der Waals surface area contributed by atoms with Gasteiger partial charge >= 0.3 is 0 Å². The van der Waals surface area contributed by atoms with Gasteiger partial charge in [-0.2, -0.15) is 5.10 Å². The Morgan fingerprint density at radius 2 is 1.95 bits per heavy atom. The highest BCUT2D eigenvalue weighted by Gasteiger charge is 2.09. The van der Waals surface area contributed by atoms with E-state index in [-0.39, 0.29) is 5.91 Å². The first-order valence-electron chi connectivity index (χ1n) is 6.30. The molecule has 0 fully saturated rings. The first-order chi connectivity index (χ1) is 10.2. The first kappa shape index (κ1) is 13.4. The maximum Gasteiger partial charge on any atom is 0.278 e. The smallest absolute Gasteiger partial charge is 0.278 e. The van der Waals surface area contributed by atoms with Gasteiger partial charge in [0, 0.05) is 16.8 Å². The zero-order valence-electron chi connectivity index (χ0n) is 10.9. The summed E-state index contributed by atoms with van der Waals surface area (Å²) in [5, 5.41) is 4.81. The van der Waals surface area contributed by atoms with Crippen molar-refractivity contribution in [2.75, 3.05) is 0 Å². The highest BCUT2D eigenvalue weighted by atomic mass is 35.5. The Kier molecular flexibility index (Phi) is 3.71. The number of halogens is 1. The molecular weight excluding hydrogens is 288 g/mol. The first-order valence-corrected chi connectivity index (χ1v) is 6.68. The van der Waals surface area contributed by atoms with Gasteiger partial charge in [-0.15, -0.1) is 0 Å². The topological polar surface area (TPSA) is 48.0 Å². The predicted molar refractivity (Wildman–Crippen MR) is 81.0 cm³/mol. The van der Waals surface area contributed by atoms with Crippen LogP contribution in [-0.4, -0.2) is 15.7 Å². The van der Waals surface area contributed by atoms with Gasteiger partial charge in [-0.3, -0.25) is 4.79 Å². The van der Waals surface area contributed by atoms with Crippen molar-refractivity contribution in [3.8, 4) is 0 Å². The summed E-state index contributed by atoms with van der Waals surface area (Å²) in [7, 11) is 0. The summed E-state index contributed by atoms with van der Waals surface area (Å²) in [5.41, 5.74) is 1.21. The summed E-state index contributed by atoms with van der Waals surface area (Å²) in [6.45, 7) is 0. The summed E-state index contributed by atoms with van der Waals surface area (Å²) in [6.07, 6.45) is 6.80. The van der Waals surface area contributed by atoms with Gasteiger partial charge in [0.25, 0.3) is 5.91 Å². The molecule has 5 heteroatoms. The van der Waals surface area contributed by atoms with Crippen molar-refractivity contribution in [3.63, 3.8) is 0 Å². The SMILES string of the molecule is O=C(c1ccc(Cl)cc1)n1ccc(C=Cc2ccco2)n1. The fourth-order valence-corrected chi connectivity index (χ4v) is 1.94. The molecule has 0 bridgehead atoms. The third-order valence-corrected chi connectivity index (χ3v) is 3.12. The van der Waals surface area contributed by atoms with Crippen LogP contribution >= 0.6 is 11.6 Å². The normalized spacial score (nSPS) is 11.1. The van der Waals surface area contributed by atoms with E-state index >= 15 is 0 Å². The highest BCUT2D eigenvalue weighted by Crippen LogP contribution is 2.12. The van der Waals surface area contributed by atoms with Gasteiger partial charge in [0.2, 0.25) is 0 Å². The summed E-state index contributed by atoms with van der Waals surface area (Å²) in [4.78, 5) is 12.2. The lowest BCUT2D eigenvalue weighted by atomic mass is 10.2. The van der Waals surface area contributed by atoms with E-state index in [9.17, 15) is 4.79 Å². The molecule has 0 aliphatic heterocycles. The van der Waals surface area contributed by atoms with E-state index in [1.54, 1.807) is 54.9 Å². The second kappa shape index (κ2) is 5.81. The average Bonchev–Trinajstić information content (AvgIpc) is 3.17. The molecule has 0 saturated carbocycles. The number of carbonyl (C=O) groups is 1. The van der Waals surface area contributed by atoms with E-state index in [1.165, 1.54) is 4.68 Å². The molecular formula is C16H11ClN2O2. The molecule has 0 saturated heterocycles. The monoisotopic (exact) mass is 298 g/mol. The Bertz CT molecular complexity index is 771. The van der Waals surface area contributed by atoms with Crippen LogP contribution in [0, 0.1) is 0 Å². The summed E-state index contributed by atoms with van der Waals surface area (Å²) in [5.74, 6) is 0.526. The number of hydrogen-bond acceptors (Lipinski definition) is 3. The number of benzene rings is 1. The number of hydrogen-bond donors (Lipinski definition) is 0. The second-order valence-corrected chi connectivity index (χ2v) is 4.78. The van der Waals surface area contributed by atoms with Crippen molar-refractivity contribution in [3.05, 3.63) is 77.0 Å². The maximum absolute atomic E-state index is 12.2. The van der Waals surface area contributed by atoms with Gasteiger partial charge in [-0.05, 0) is 54.6 Å². The molecule has 0 unspecified atom stereocenters. The van der Waals surface area contributed by atoms with E-state index in [1.807, 2.05) is 12.1 Å². The van der Waals surface area contributed by atoms with Crippen LogP contribution in [0.1, 0.15) is 21.8 Å². The summed E-state index contributed by atoms with van der Waals surface area (Å²) >= 11 is 5.80. The maximum atomic E-state index is 12.2. The molecule has 3 rings (SSSR count). The van der Waals surface area contributed by atoms with Crippen LogP contribution in [0.5, 0.6) is 0 Å². The van der Waals surface area contributed by atoms with E-state index in [4.69, 9.17) is 16.0 Å². The van der Waals surface area contributed by atoms with Gasteiger partial charge in [0.15, 0.2) is 0 Å². The van der Waals surface area contributed by atoms with E-state index in [0.717, 1.165) is 5.76 Å². The van der Waals surface area contributed by atoms with Crippen LogP contribution in [0.25, 0.3) is 12.2 Å². The van der Waals surface area contributed by atoms with Crippen molar-refractivity contribution in [2.24, 2.45) is 0 Å². The minimum absolute atomic E-state index is 0.204. The fourth-order valence-electron chi connectivity index (χ4n) is 1.82. The Hall–Kier alpha value is -2.59. The number of aromatic nitrogens is 2. The third kappa shape index (κ3) is 3.12. The lowest BCUT2D eigenvalue weighted by Crippen LogP contribution is -2.12. The molecule has 1 aromatic carbocycles. The number of nitrogens with zero attached hydrogens (tertiary/aromatic N) is 2. The summed E-state index contributed by atoms with van der Waals surface area (Å²) in [6, 6.07) is 12.1. The Morgan fingerprint density at radius 3 is 2.67 bits per heavy atom. The molecule has 104 valence electrons. The van der Waals surface area contributed by atoms with Crippen LogP contribution in [-0.2, 0) is 0 Å². The van der Waals surface area contributed by atoms with Crippen molar-refractivity contribution in [1.29, 1.82) is 0 Å². The average molecular weight is 299 g/mol. The molecule has 0 amide bonds. The zero-order valence-corrected chi connectivity index (χ0v) is 11.7. The zero-order chi connectivity index (χ0) is 14.7. The minimum atomic E-state index is -0.204. The highest BCUT2D eigenvalue weighted by molar-refractivity contribution is 6.30. The molecule has 0 aliphatic rings. The molecule has 3 aromatic rings. The molecule has 0 N–H and O–H groups in total. The van der Waals surface area contributed by atoms with E-state index in [2.05, 4.69) is 5.10 Å². The molecule has 2 heterocycles. The van der Waals surface area contributed by atoms with Gasteiger partial charge in [-0.25, -0.2) is 4.68 Å². The lowest BCUT2D eigenvalue weighted by molar-refractivity contribution is 0.0945. The van der Waals surface area contributed by atoms with Crippen LogP contribution in [0.3, 0.4) is 0 Å². The minimum Gasteiger partial charge on any atom is -0.465 e. The predicted octanol–water partition coefficient (Wildman–Crippen LogP) is 3.99. The van der Waals surface area contributed by atoms with E-state index < -0.39 is 0 Å². The van der Waals surface area contributed by atoms with Crippen LogP contribution < -0.4 is 0 Å². The third-order valence-electron chi connectivity index (χ3n) is 2.87. The van der Waals surface area contributed by atoms with Crippen molar-refractivity contribution in [2.45, 2.75) is 0 Å². The van der Waals surface area contributed by atoms with Crippen LogP contribution in [0.2, 0.25) is 5.02 Å². The molecule has 0 spiro atoms. The van der Waals surface area contributed by atoms with Gasteiger partial charge in [0.05, 0.1) is 12.0 Å². The quantitative estimate of drug-likeness (QED) is 0.734. The Balaban J connectivity index is 1.78.